The molecule has 2 aliphatic heterocycles. The summed E-state index contributed by atoms with van der Waals surface area (Å²) in [5.41, 5.74) is 2.75. The highest BCUT2D eigenvalue weighted by molar-refractivity contribution is 5.83. The average molecular weight is 437 g/mol. The molecule has 4 rings (SSSR count). The number of halogens is 2. The third-order valence-corrected chi connectivity index (χ3v) is 6.01. The average Bonchev–Trinajstić information content (AvgIpc) is 3.47. The quantitative estimate of drug-likeness (QED) is 0.592. The van der Waals surface area contributed by atoms with E-state index >= 15 is 0 Å². The summed E-state index contributed by atoms with van der Waals surface area (Å²) in [6, 6.07) is 13.2. The topological polar surface area (TPSA) is 40.6 Å². The van der Waals surface area contributed by atoms with Crippen LogP contribution >= 0.6 is 0 Å². The molecule has 166 valence electrons. The summed E-state index contributed by atoms with van der Waals surface area (Å²) < 4.78 is 27.9. The molecular formula is C26H26F2N2O2. The standard InChI is InChI=1S/C26H26F2N2O2/c27-23-9-3-1-7-21(23)19-13-15-29(17-19)25(31)11-5-6-12-26(32)30-16-14-20(18-30)22-8-2-4-10-24(22)28/h1-4,7-10,13-14H,5-6,11-12,15-18H2. The first-order chi connectivity index (χ1) is 15.5. The fourth-order valence-electron chi connectivity index (χ4n) is 4.19. The van der Waals surface area contributed by atoms with Crippen LogP contribution in [0.25, 0.3) is 11.1 Å². The van der Waals surface area contributed by atoms with Gasteiger partial charge in [0.25, 0.3) is 0 Å². The van der Waals surface area contributed by atoms with E-state index in [1.807, 2.05) is 12.2 Å². The van der Waals surface area contributed by atoms with Gasteiger partial charge in [0, 0.05) is 50.1 Å². The van der Waals surface area contributed by atoms with Crippen molar-refractivity contribution in [2.45, 2.75) is 25.7 Å². The molecule has 2 aliphatic rings. The molecule has 2 aromatic carbocycles. The molecule has 0 bridgehead atoms. The molecule has 0 unspecified atom stereocenters. The summed E-state index contributed by atoms with van der Waals surface area (Å²) in [6.45, 7) is 1.80. The number of hydrogen-bond donors (Lipinski definition) is 0. The van der Waals surface area contributed by atoms with Crippen molar-refractivity contribution in [3.05, 3.63) is 83.4 Å². The summed E-state index contributed by atoms with van der Waals surface area (Å²) >= 11 is 0. The molecule has 2 aromatic rings. The van der Waals surface area contributed by atoms with Crippen molar-refractivity contribution in [1.82, 2.24) is 9.80 Å². The number of unbranched alkanes of at least 4 members (excludes halogenated alkanes) is 1. The number of rotatable bonds is 7. The largest absolute Gasteiger partial charge is 0.335 e. The third-order valence-electron chi connectivity index (χ3n) is 6.01. The molecule has 4 nitrogen and oxygen atoms in total. The molecular weight excluding hydrogens is 410 g/mol. The predicted molar refractivity (Wildman–Crippen MR) is 120 cm³/mol. The summed E-state index contributed by atoms with van der Waals surface area (Å²) in [5, 5.41) is 0. The zero-order valence-electron chi connectivity index (χ0n) is 17.9. The highest BCUT2D eigenvalue weighted by atomic mass is 19.1. The minimum Gasteiger partial charge on any atom is -0.335 e. The van der Waals surface area contributed by atoms with Crippen molar-refractivity contribution in [2.24, 2.45) is 0 Å². The van der Waals surface area contributed by atoms with Crippen LogP contribution in [0.15, 0.2) is 60.7 Å². The SMILES string of the molecule is O=C(CCCCC(=O)N1CC=C(c2ccccc2F)C1)N1CC=C(c2ccccc2F)C1. The zero-order valence-corrected chi connectivity index (χ0v) is 17.9. The molecule has 0 radical (unpaired) electrons. The lowest BCUT2D eigenvalue weighted by molar-refractivity contribution is -0.131. The third kappa shape index (κ3) is 4.96. The summed E-state index contributed by atoms with van der Waals surface area (Å²) in [4.78, 5) is 28.4. The second-order valence-corrected chi connectivity index (χ2v) is 8.17. The van der Waals surface area contributed by atoms with E-state index < -0.39 is 0 Å². The molecule has 0 atom stereocenters. The lowest BCUT2D eigenvalue weighted by Gasteiger charge is -2.18. The van der Waals surface area contributed by atoms with E-state index in [4.69, 9.17) is 0 Å². The molecule has 0 saturated heterocycles. The van der Waals surface area contributed by atoms with Crippen LogP contribution in [-0.4, -0.2) is 47.8 Å². The van der Waals surface area contributed by atoms with Crippen LogP contribution in [0.1, 0.15) is 36.8 Å². The van der Waals surface area contributed by atoms with Crippen molar-refractivity contribution in [3.63, 3.8) is 0 Å². The number of benzene rings is 2. The van der Waals surface area contributed by atoms with Crippen LogP contribution in [0.5, 0.6) is 0 Å². The molecule has 32 heavy (non-hydrogen) atoms. The monoisotopic (exact) mass is 436 g/mol. The molecule has 0 N–H and O–H groups in total. The number of nitrogens with zero attached hydrogens (tertiary/aromatic N) is 2. The minimum absolute atomic E-state index is 0.0183. The van der Waals surface area contributed by atoms with Crippen LogP contribution < -0.4 is 0 Å². The Balaban J connectivity index is 1.17. The number of amides is 2. The first kappa shape index (κ1) is 21.9. The van der Waals surface area contributed by atoms with Crippen molar-refractivity contribution >= 4 is 23.0 Å². The Morgan fingerprint density at radius 1 is 0.688 bits per heavy atom. The summed E-state index contributed by atoms with van der Waals surface area (Å²) in [6.07, 6.45) is 5.77. The number of hydrogen-bond acceptors (Lipinski definition) is 2. The van der Waals surface area contributed by atoms with E-state index in [1.54, 1.807) is 46.2 Å². The van der Waals surface area contributed by atoms with Gasteiger partial charge in [-0.2, -0.15) is 0 Å². The second-order valence-electron chi connectivity index (χ2n) is 8.17. The Bertz CT molecular complexity index is 992. The molecule has 0 fully saturated rings. The van der Waals surface area contributed by atoms with Crippen molar-refractivity contribution in [2.75, 3.05) is 26.2 Å². The predicted octanol–water partition coefficient (Wildman–Crippen LogP) is 4.68. The van der Waals surface area contributed by atoms with Gasteiger partial charge < -0.3 is 9.80 Å². The van der Waals surface area contributed by atoms with E-state index in [0.29, 0.717) is 63.0 Å². The highest BCUT2D eigenvalue weighted by Crippen LogP contribution is 2.25. The van der Waals surface area contributed by atoms with Gasteiger partial charge in [-0.15, -0.1) is 0 Å². The second kappa shape index (κ2) is 9.90. The minimum atomic E-state index is -0.277. The van der Waals surface area contributed by atoms with Crippen LogP contribution in [0.4, 0.5) is 8.78 Å². The first-order valence-electron chi connectivity index (χ1n) is 11.0. The van der Waals surface area contributed by atoms with E-state index in [1.165, 1.54) is 12.1 Å². The van der Waals surface area contributed by atoms with Crippen molar-refractivity contribution < 1.29 is 18.4 Å². The van der Waals surface area contributed by atoms with E-state index in [0.717, 1.165) is 11.1 Å². The van der Waals surface area contributed by atoms with Crippen LogP contribution in [0.2, 0.25) is 0 Å². The van der Waals surface area contributed by atoms with Crippen LogP contribution in [-0.2, 0) is 9.59 Å². The number of carbonyl (C=O) groups excluding carboxylic acids is 2. The van der Waals surface area contributed by atoms with E-state index in [-0.39, 0.29) is 23.4 Å². The van der Waals surface area contributed by atoms with Gasteiger partial charge in [-0.1, -0.05) is 48.6 Å². The van der Waals surface area contributed by atoms with Crippen LogP contribution in [0, 0.1) is 11.6 Å². The van der Waals surface area contributed by atoms with Gasteiger partial charge in [0.05, 0.1) is 0 Å². The molecule has 6 heteroatoms. The smallest absolute Gasteiger partial charge is 0.223 e. The van der Waals surface area contributed by atoms with Gasteiger partial charge in [-0.25, -0.2) is 8.78 Å². The Kier molecular flexibility index (Phi) is 6.78. The number of carbonyl (C=O) groups is 2. The molecule has 0 aromatic heterocycles. The molecule has 2 heterocycles. The molecule has 0 aliphatic carbocycles. The highest BCUT2D eigenvalue weighted by Gasteiger charge is 2.23. The Morgan fingerprint density at radius 3 is 1.50 bits per heavy atom. The maximum Gasteiger partial charge on any atom is 0.223 e. The Labute approximate surface area is 186 Å². The molecule has 0 saturated carbocycles. The lowest BCUT2D eigenvalue weighted by atomic mass is 10.1. The maximum atomic E-state index is 14.0. The fourth-order valence-corrected chi connectivity index (χ4v) is 4.19. The van der Waals surface area contributed by atoms with Gasteiger partial charge in [-0.3, -0.25) is 9.59 Å². The first-order valence-corrected chi connectivity index (χ1v) is 11.0. The molecule has 0 spiro atoms. The summed E-state index contributed by atoms with van der Waals surface area (Å²) in [5.74, 6) is -0.517. The Hall–Kier alpha value is -3.28. The normalized spacial score (nSPS) is 15.7. The Morgan fingerprint density at radius 2 is 1.09 bits per heavy atom. The van der Waals surface area contributed by atoms with Gasteiger partial charge >= 0.3 is 0 Å². The van der Waals surface area contributed by atoms with Crippen molar-refractivity contribution in [1.29, 1.82) is 0 Å². The fraction of sp³-hybridized carbons (Fsp3) is 0.308. The van der Waals surface area contributed by atoms with E-state index in [2.05, 4.69) is 0 Å². The van der Waals surface area contributed by atoms with Crippen molar-refractivity contribution in [3.8, 4) is 0 Å². The maximum absolute atomic E-state index is 14.0. The van der Waals surface area contributed by atoms with Gasteiger partial charge in [0.2, 0.25) is 11.8 Å². The lowest BCUT2D eigenvalue weighted by Crippen LogP contribution is -2.29. The van der Waals surface area contributed by atoms with Gasteiger partial charge in [0.15, 0.2) is 0 Å². The molecule has 2 amide bonds. The zero-order chi connectivity index (χ0) is 22.5. The van der Waals surface area contributed by atoms with Gasteiger partial charge in [0.1, 0.15) is 11.6 Å². The summed E-state index contributed by atoms with van der Waals surface area (Å²) in [7, 11) is 0. The van der Waals surface area contributed by atoms with E-state index in [9.17, 15) is 18.4 Å². The van der Waals surface area contributed by atoms with Crippen LogP contribution in [0.3, 0.4) is 0 Å². The van der Waals surface area contributed by atoms with Gasteiger partial charge in [-0.05, 0) is 36.1 Å².